The summed E-state index contributed by atoms with van der Waals surface area (Å²) in [6.45, 7) is 8.13. The lowest BCUT2D eigenvalue weighted by molar-refractivity contribution is -0.0450. The van der Waals surface area contributed by atoms with E-state index in [0.717, 1.165) is 30.2 Å². The van der Waals surface area contributed by atoms with Gasteiger partial charge in [-0.3, -0.25) is 0 Å². The minimum atomic E-state index is 0.402. The topological polar surface area (TPSA) is 26.0 Å². The molecule has 0 heterocycles. The normalized spacial score (nSPS) is 38.3. The summed E-state index contributed by atoms with van der Waals surface area (Å²) in [5, 5.41) is 0. The summed E-state index contributed by atoms with van der Waals surface area (Å²) in [5.74, 6) is 3.83. The maximum Gasteiger partial charge on any atom is -0.00771 e. The first-order valence-corrected chi connectivity index (χ1v) is 12.9. The highest BCUT2D eigenvalue weighted by Crippen LogP contribution is 2.59. The highest BCUT2D eigenvalue weighted by molar-refractivity contribution is 5.14. The number of rotatable bonds is 6. The molecule has 3 aliphatic rings. The molecule has 164 valence electrons. The Bertz CT molecular complexity index is 595. The molecule has 0 aromatic heterocycles. The predicted octanol–water partition coefficient (Wildman–Crippen LogP) is 7.82. The first-order chi connectivity index (χ1) is 14.1. The molecule has 0 bridgehead atoms. The van der Waals surface area contributed by atoms with Gasteiger partial charge >= 0.3 is 0 Å². The summed E-state index contributed by atoms with van der Waals surface area (Å²) in [6, 6.07) is 0. The third-order valence-electron chi connectivity index (χ3n) is 8.87. The molecule has 1 nitrogen and oxygen atoms in total. The first-order valence-electron chi connectivity index (χ1n) is 12.9. The molecule has 2 N–H and O–H groups in total. The molecule has 0 radical (unpaired) electrons. The van der Waals surface area contributed by atoms with Crippen LogP contribution < -0.4 is 5.73 Å². The van der Waals surface area contributed by atoms with Gasteiger partial charge in [0.05, 0.1) is 0 Å². The van der Waals surface area contributed by atoms with E-state index < -0.39 is 0 Å². The summed E-state index contributed by atoms with van der Waals surface area (Å²) < 4.78 is 0. The van der Waals surface area contributed by atoms with Crippen molar-refractivity contribution in [2.24, 2.45) is 40.7 Å². The second kappa shape index (κ2) is 11.0. The zero-order valence-electron chi connectivity index (χ0n) is 19.6. The fourth-order valence-electron chi connectivity index (χ4n) is 7.45. The first kappa shape index (κ1) is 22.9. The number of nitrogens with two attached hydrogens (primary N) is 1. The second-order valence-electron chi connectivity index (χ2n) is 10.5. The molecule has 0 aromatic carbocycles. The Hall–Kier alpha value is -0.780. The molecule has 29 heavy (non-hydrogen) atoms. The molecule has 1 heteroatoms. The molecule has 0 aromatic rings. The van der Waals surface area contributed by atoms with Gasteiger partial charge in [-0.2, -0.15) is 0 Å². The Morgan fingerprint density at radius 2 is 1.86 bits per heavy atom. The lowest BCUT2D eigenvalue weighted by atomic mass is 9.50. The van der Waals surface area contributed by atoms with Crippen LogP contribution in [0.25, 0.3) is 0 Å². The number of hydrogen-bond acceptors (Lipinski definition) is 1. The van der Waals surface area contributed by atoms with Crippen LogP contribution in [0.3, 0.4) is 0 Å². The summed E-state index contributed by atoms with van der Waals surface area (Å²) in [6.07, 6.45) is 25.2. The van der Waals surface area contributed by atoms with Crippen LogP contribution in [-0.2, 0) is 0 Å². The van der Waals surface area contributed by atoms with Crippen molar-refractivity contribution in [3.05, 3.63) is 29.5 Å². The van der Waals surface area contributed by atoms with Gasteiger partial charge in [-0.1, -0.05) is 64.0 Å². The standard InChI is InChI=1S/C28H47N/c1-4-11-24-18-16-22(2)17-19-27(24)28(20-10-21-29)23(3)12-9-14-25-13-7-5-6-8-15-26(25)28/h12,14,16,23-27H,4-8,10-11,13,15,17-21,29H2,1-3H3/t23?,24-,25?,26?,27?,28-/m0/s1. The van der Waals surface area contributed by atoms with Gasteiger partial charge in [-0.15, -0.1) is 5.73 Å². The molecule has 0 saturated heterocycles. The number of allylic oxidation sites excluding steroid dienone is 3. The van der Waals surface area contributed by atoms with Crippen molar-refractivity contribution in [3.8, 4) is 0 Å². The fourth-order valence-corrected chi connectivity index (χ4v) is 7.45. The van der Waals surface area contributed by atoms with E-state index in [1.165, 1.54) is 83.5 Å². The van der Waals surface area contributed by atoms with Crippen LogP contribution in [0.5, 0.6) is 0 Å². The van der Waals surface area contributed by atoms with Crippen LogP contribution in [0.15, 0.2) is 29.5 Å². The summed E-state index contributed by atoms with van der Waals surface area (Å²) in [4.78, 5) is 0. The Kier molecular flexibility index (Phi) is 8.70. The van der Waals surface area contributed by atoms with E-state index in [-0.39, 0.29) is 0 Å². The van der Waals surface area contributed by atoms with Gasteiger partial charge in [-0.25, -0.2) is 0 Å². The van der Waals surface area contributed by atoms with Crippen molar-refractivity contribution in [1.82, 2.24) is 0 Å². The minimum absolute atomic E-state index is 0.402. The summed E-state index contributed by atoms with van der Waals surface area (Å²) in [5.41, 5.74) is 11.9. The number of hydrogen-bond donors (Lipinski definition) is 1. The highest BCUT2D eigenvalue weighted by atomic mass is 14.6. The van der Waals surface area contributed by atoms with Crippen LogP contribution in [0, 0.1) is 35.0 Å². The average molecular weight is 398 g/mol. The smallest absolute Gasteiger partial charge is 0.00771 e. The maximum absolute atomic E-state index is 6.14. The van der Waals surface area contributed by atoms with E-state index in [0.29, 0.717) is 11.3 Å². The number of fused-ring (bicyclic) bond motifs is 1. The van der Waals surface area contributed by atoms with Gasteiger partial charge in [0.15, 0.2) is 0 Å². The van der Waals surface area contributed by atoms with E-state index in [1.54, 1.807) is 5.57 Å². The van der Waals surface area contributed by atoms with Gasteiger partial charge in [0.25, 0.3) is 0 Å². The monoisotopic (exact) mass is 397 g/mol. The van der Waals surface area contributed by atoms with E-state index in [2.05, 4.69) is 44.7 Å². The zero-order valence-corrected chi connectivity index (χ0v) is 19.6. The van der Waals surface area contributed by atoms with Gasteiger partial charge in [-0.05, 0) is 106 Å². The molecule has 0 spiro atoms. The Balaban J connectivity index is 2.06. The minimum Gasteiger partial charge on any atom is -0.330 e. The molecule has 1 fully saturated rings. The van der Waals surface area contributed by atoms with Crippen molar-refractivity contribution >= 4 is 0 Å². The van der Waals surface area contributed by atoms with Crippen molar-refractivity contribution in [2.45, 2.75) is 104 Å². The lowest BCUT2D eigenvalue weighted by Crippen LogP contribution is -2.48. The molecule has 1 saturated carbocycles. The molecule has 0 amide bonds. The third kappa shape index (κ3) is 5.11. The van der Waals surface area contributed by atoms with Gasteiger partial charge < -0.3 is 5.73 Å². The van der Waals surface area contributed by atoms with Crippen LogP contribution in [0.1, 0.15) is 104 Å². The molecule has 3 aliphatic carbocycles. The molecular weight excluding hydrogens is 350 g/mol. The van der Waals surface area contributed by atoms with Crippen LogP contribution in [0.4, 0.5) is 0 Å². The zero-order chi connectivity index (χ0) is 20.7. The van der Waals surface area contributed by atoms with Gasteiger partial charge in [0, 0.05) is 0 Å². The van der Waals surface area contributed by atoms with Crippen molar-refractivity contribution in [2.75, 3.05) is 6.54 Å². The average Bonchev–Trinajstić information content (AvgIpc) is 2.94. The van der Waals surface area contributed by atoms with Crippen LogP contribution in [0.2, 0.25) is 0 Å². The van der Waals surface area contributed by atoms with Crippen LogP contribution >= 0.6 is 0 Å². The summed E-state index contributed by atoms with van der Waals surface area (Å²) in [7, 11) is 0. The highest BCUT2D eigenvalue weighted by Gasteiger charge is 2.52. The van der Waals surface area contributed by atoms with Crippen LogP contribution in [-0.4, -0.2) is 6.54 Å². The van der Waals surface area contributed by atoms with E-state index in [9.17, 15) is 0 Å². The van der Waals surface area contributed by atoms with Crippen molar-refractivity contribution in [3.63, 3.8) is 0 Å². The Labute approximate surface area is 181 Å². The Morgan fingerprint density at radius 1 is 1.07 bits per heavy atom. The fraction of sp³-hybridized carbons (Fsp3) is 0.821. The molecule has 4 unspecified atom stereocenters. The largest absolute Gasteiger partial charge is 0.330 e. The van der Waals surface area contributed by atoms with Gasteiger partial charge in [0.1, 0.15) is 0 Å². The second-order valence-corrected chi connectivity index (χ2v) is 10.5. The maximum atomic E-state index is 6.14. The van der Waals surface area contributed by atoms with Crippen molar-refractivity contribution < 1.29 is 0 Å². The lowest BCUT2D eigenvalue weighted by Gasteiger charge is -2.54. The molecule has 3 rings (SSSR count). The van der Waals surface area contributed by atoms with E-state index >= 15 is 0 Å². The molecule has 6 atom stereocenters. The predicted molar refractivity (Wildman–Crippen MR) is 127 cm³/mol. The molecule has 0 aliphatic heterocycles. The molecular formula is C28H47N. The van der Waals surface area contributed by atoms with E-state index in [4.69, 9.17) is 5.73 Å². The Morgan fingerprint density at radius 3 is 2.62 bits per heavy atom. The SMILES string of the molecule is CCC[C@H]1CC=C(C)CCC1[C@@]1(CCCN)C(C)C=C=CC2CCCCCCC21. The van der Waals surface area contributed by atoms with E-state index in [1.807, 2.05) is 0 Å². The quantitative estimate of drug-likeness (QED) is 0.359. The summed E-state index contributed by atoms with van der Waals surface area (Å²) >= 11 is 0. The van der Waals surface area contributed by atoms with Crippen molar-refractivity contribution in [1.29, 1.82) is 0 Å². The van der Waals surface area contributed by atoms with Gasteiger partial charge in [0.2, 0.25) is 0 Å². The third-order valence-corrected chi connectivity index (χ3v) is 8.87.